The van der Waals surface area contributed by atoms with Gasteiger partial charge < -0.3 is 5.32 Å². The van der Waals surface area contributed by atoms with Crippen molar-refractivity contribution in [2.45, 2.75) is 49.4 Å². The molecule has 156 valence electrons. The Kier molecular flexibility index (Phi) is 7.38. The molecule has 1 aliphatic rings. The van der Waals surface area contributed by atoms with Gasteiger partial charge in [-0.15, -0.1) is 11.8 Å². The topological polar surface area (TPSA) is 66.5 Å². The molecular formula is C22H28N2O3S2. The van der Waals surface area contributed by atoms with Gasteiger partial charge in [-0.25, -0.2) is 8.42 Å². The molecule has 7 heteroatoms. The molecule has 0 fully saturated rings. The van der Waals surface area contributed by atoms with E-state index in [1.807, 2.05) is 13.8 Å². The summed E-state index contributed by atoms with van der Waals surface area (Å²) in [6, 6.07) is 13.2. The number of carbonyl (C=O) groups excluding carboxylic acids is 1. The molecule has 1 aliphatic carbocycles. The van der Waals surface area contributed by atoms with Crippen LogP contribution >= 0.6 is 11.8 Å². The average molecular weight is 433 g/mol. The van der Waals surface area contributed by atoms with E-state index in [4.69, 9.17) is 0 Å². The third-order valence-electron chi connectivity index (χ3n) is 5.20. The summed E-state index contributed by atoms with van der Waals surface area (Å²) in [5.74, 6) is 0.336. The molecule has 2 aromatic rings. The van der Waals surface area contributed by atoms with Crippen molar-refractivity contribution in [3.63, 3.8) is 0 Å². The van der Waals surface area contributed by atoms with Crippen LogP contribution in [0.4, 0.5) is 0 Å². The smallest absolute Gasteiger partial charge is 0.243 e. The minimum atomic E-state index is -3.45. The standard InChI is InChI=1S/C22H28N2O3S2/c1-3-24(4-2)29(26,27)21-12-8-17(9-13-21)15-23-22(25)16-28-20-11-10-18-6-5-7-19(18)14-20/h8-14H,3-7,15-16H2,1-2H3,(H,23,25). The number of hydrogen-bond acceptors (Lipinski definition) is 4. The summed E-state index contributed by atoms with van der Waals surface area (Å²) in [6.07, 6.45) is 3.52. The number of rotatable bonds is 9. The van der Waals surface area contributed by atoms with E-state index in [9.17, 15) is 13.2 Å². The average Bonchev–Trinajstić information content (AvgIpc) is 3.19. The van der Waals surface area contributed by atoms with Crippen molar-refractivity contribution in [2.75, 3.05) is 18.8 Å². The number of nitrogens with zero attached hydrogens (tertiary/aromatic N) is 1. The fraction of sp³-hybridized carbons (Fsp3) is 0.409. The molecule has 0 aliphatic heterocycles. The Morgan fingerprint density at radius 3 is 2.41 bits per heavy atom. The molecule has 0 atom stereocenters. The lowest BCUT2D eigenvalue weighted by molar-refractivity contribution is -0.118. The monoisotopic (exact) mass is 432 g/mol. The molecule has 0 saturated heterocycles. The molecule has 0 heterocycles. The van der Waals surface area contributed by atoms with E-state index < -0.39 is 10.0 Å². The van der Waals surface area contributed by atoms with Crippen LogP contribution in [0.15, 0.2) is 52.3 Å². The fourth-order valence-corrected chi connectivity index (χ4v) is 5.78. The van der Waals surface area contributed by atoms with Crippen LogP contribution in [-0.2, 0) is 34.2 Å². The first-order valence-electron chi connectivity index (χ1n) is 10.0. The van der Waals surface area contributed by atoms with E-state index in [-0.39, 0.29) is 10.8 Å². The van der Waals surface area contributed by atoms with Crippen LogP contribution in [0.5, 0.6) is 0 Å². The van der Waals surface area contributed by atoms with Crippen molar-refractivity contribution in [2.24, 2.45) is 0 Å². The van der Waals surface area contributed by atoms with Crippen LogP contribution in [-0.4, -0.2) is 37.5 Å². The van der Waals surface area contributed by atoms with Crippen LogP contribution in [0.1, 0.15) is 37.0 Å². The van der Waals surface area contributed by atoms with E-state index in [0.717, 1.165) is 23.3 Å². The number of carbonyl (C=O) groups is 1. The maximum atomic E-state index is 12.5. The summed E-state index contributed by atoms with van der Waals surface area (Å²) in [6.45, 7) is 4.92. The van der Waals surface area contributed by atoms with Gasteiger partial charge in [0, 0.05) is 24.5 Å². The summed E-state index contributed by atoms with van der Waals surface area (Å²) in [7, 11) is -3.45. The molecule has 0 bridgehead atoms. The normalized spacial score (nSPS) is 13.5. The maximum Gasteiger partial charge on any atom is 0.243 e. The Morgan fingerprint density at radius 2 is 1.72 bits per heavy atom. The predicted molar refractivity (Wildman–Crippen MR) is 118 cm³/mol. The Labute approximate surface area is 177 Å². The van der Waals surface area contributed by atoms with Crippen LogP contribution in [0, 0.1) is 0 Å². The SMILES string of the molecule is CCN(CC)S(=O)(=O)c1ccc(CNC(=O)CSc2ccc3c(c2)CCC3)cc1. The summed E-state index contributed by atoms with van der Waals surface area (Å²) < 4.78 is 26.5. The minimum Gasteiger partial charge on any atom is -0.351 e. The third kappa shape index (κ3) is 5.41. The van der Waals surface area contributed by atoms with Crippen molar-refractivity contribution >= 4 is 27.7 Å². The first kappa shape index (κ1) is 21.9. The van der Waals surface area contributed by atoms with Crippen LogP contribution < -0.4 is 5.32 Å². The molecule has 0 spiro atoms. The van der Waals surface area contributed by atoms with E-state index >= 15 is 0 Å². The third-order valence-corrected chi connectivity index (χ3v) is 8.25. The van der Waals surface area contributed by atoms with Crippen molar-refractivity contribution in [1.82, 2.24) is 9.62 Å². The molecule has 3 rings (SSSR count). The Morgan fingerprint density at radius 1 is 1.03 bits per heavy atom. The van der Waals surface area contributed by atoms with Gasteiger partial charge in [-0.1, -0.05) is 32.0 Å². The summed E-state index contributed by atoms with van der Waals surface area (Å²) in [4.78, 5) is 13.6. The Hall–Kier alpha value is -1.83. The summed E-state index contributed by atoms with van der Waals surface area (Å²) in [5.41, 5.74) is 3.72. The molecule has 5 nitrogen and oxygen atoms in total. The first-order chi connectivity index (χ1) is 13.9. The van der Waals surface area contributed by atoms with Crippen molar-refractivity contribution in [3.05, 3.63) is 59.2 Å². The van der Waals surface area contributed by atoms with Crippen molar-refractivity contribution in [3.8, 4) is 0 Å². The van der Waals surface area contributed by atoms with E-state index in [1.165, 1.54) is 21.9 Å². The molecule has 29 heavy (non-hydrogen) atoms. The quantitative estimate of drug-likeness (QED) is 0.615. The second-order valence-corrected chi connectivity index (χ2v) is 10.1. The largest absolute Gasteiger partial charge is 0.351 e. The molecule has 0 unspecified atom stereocenters. The molecule has 1 amide bonds. The van der Waals surface area contributed by atoms with E-state index in [1.54, 1.807) is 36.0 Å². The highest BCUT2D eigenvalue weighted by Crippen LogP contribution is 2.27. The van der Waals surface area contributed by atoms with Gasteiger partial charge in [0.25, 0.3) is 0 Å². The highest BCUT2D eigenvalue weighted by molar-refractivity contribution is 8.00. The summed E-state index contributed by atoms with van der Waals surface area (Å²) in [5, 5.41) is 2.91. The van der Waals surface area contributed by atoms with Gasteiger partial charge in [-0.05, 0) is 60.2 Å². The van der Waals surface area contributed by atoms with Crippen molar-refractivity contribution in [1.29, 1.82) is 0 Å². The lowest BCUT2D eigenvalue weighted by Crippen LogP contribution is -2.30. The lowest BCUT2D eigenvalue weighted by atomic mass is 10.1. The fourth-order valence-electron chi connectivity index (χ4n) is 3.53. The van der Waals surface area contributed by atoms with Gasteiger partial charge in [0.2, 0.25) is 15.9 Å². The zero-order valence-electron chi connectivity index (χ0n) is 17.0. The maximum absolute atomic E-state index is 12.5. The zero-order chi connectivity index (χ0) is 20.9. The minimum absolute atomic E-state index is 0.0321. The van der Waals surface area contributed by atoms with Gasteiger partial charge in [0.1, 0.15) is 0 Å². The van der Waals surface area contributed by atoms with Gasteiger partial charge in [0.05, 0.1) is 10.6 Å². The molecule has 0 radical (unpaired) electrons. The zero-order valence-corrected chi connectivity index (χ0v) is 18.6. The van der Waals surface area contributed by atoms with Crippen LogP contribution in [0.2, 0.25) is 0 Å². The number of hydrogen-bond donors (Lipinski definition) is 1. The molecule has 1 N–H and O–H groups in total. The number of fused-ring (bicyclic) bond motifs is 1. The van der Waals surface area contributed by atoms with Gasteiger partial charge in [-0.3, -0.25) is 4.79 Å². The van der Waals surface area contributed by atoms with Crippen LogP contribution in [0.3, 0.4) is 0 Å². The van der Waals surface area contributed by atoms with Gasteiger partial charge in [-0.2, -0.15) is 4.31 Å². The summed E-state index contributed by atoms with van der Waals surface area (Å²) >= 11 is 1.55. The van der Waals surface area contributed by atoms with Crippen LogP contribution in [0.25, 0.3) is 0 Å². The number of nitrogens with one attached hydrogen (secondary N) is 1. The second-order valence-electron chi connectivity index (χ2n) is 7.08. The van der Waals surface area contributed by atoms with Gasteiger partial charge in [0.15, 0.2) is 0 Å². The number of amides is 1. The highest BCUT2D eigenvalue weighted by Gasteiger charge is 2.21. The number of thioether (sulfide) groups is 1. The van der Waals surface area contributed by atoms with E-state index in [2.05, 4.69) is 23.5 Å². The first-order valence-corrected chi connectivity index (χ1v) is 12.5. The van der Waals surface area contributed by atoms with Crippen molar-refractivity contribution < 1.29 is 13.2 Å². The number of sulfonamides is 1. The second kappa shape index (κ2) is 9.78. The van der Waals surface area contributed by atoms with Gasteiger partial charge >= 0.3 is 0 Å². The molecule has 0 saturated carbocycles. The molecule has 0 aromatic heterocycles. The Bertz CT molecular complexity index is 953. The lowest BCUT2D eigenvalue weighted by Gasteiger charge is -2.18. The number of benzene rings is 2. The predicted octanol–water partition coefficient (Wildman–Crippen LogP) is 3.61. The highest BCUT2D eigenvalue weighted by atomic mass is 32.2. The molecule has 2 aromatic carbocycles. The van der Waals surface area contributed by atoms with E-state index in [0.29, 0.717) is 25.4 Å². The number of aryl methyl sites for hydroxylation is 2. The molecular weight excluding hydrogens is 404 g/mol. The Balaban J connectivity index is 1.50.